The number of benzene rings is 2. The zero-order chi connectivity index (χ0) is 21.5. The molecule has 0 spiro atoms. The summed E-state index contributed by atoms with van der Waals surface area (Å²) < 4.78 is 12.0. The zero-order valence-corrected chi connectivity index (χ0v) is 18.4. The highest BCUT2D eigenvalue weighted by Gasteiger charge is 2.22. The Hall–Kier alpha value is -2.83. The average molecular weight is 435 g/mol. The Bertz CT molecular complexity index is 998. The van der Waals surface area contributed by atoms with E-state index in [1.165, 1.54) is 11.8 Å². The molecule has 1 amide bonds. The van der Waals surface area contributed by atoms with E-state index in [-0.39, 0.29) is 12.0 Å². The SMILES string of the molecule is CCOC(c1ccccc1)c1ccc2c(c1)CN(C(=O)CSc1ccncc1)CCO2. The second kappa shape index (κ2) is 10.5. The number of carbonyl (C=O) groups excluding carboxylic acids is 1. The van der Waals surface area contributed by atoms with E-state index in [1.54, 1.807) is 12.4 Å². The number of hydrogen-bond acceptors (Lipinski definition) is 5. The van der Waals surface area contributed by atoms with Crippen molar-refractivity contribution in [1.29, 1.82) is 0 Å². The van der Waals surface area contributed by atoms with Crippen LogP contribution in [-0.4, -0.2) is 41.3 Å². The Morgan fingerprint density at radius 1 is 1.13 bits per heavy atom. The third kappa shape index (κ3) is 5.46. The van der Waals surface area contributed by atoms with Crippen LogP contribution >= 0.6 is 11.8 Å². The number of hydrogen-bond donors (Lipinski definition) is 0. The lowest BCUT2D eigenvalue weighted by molar-refractivity contribution is -0.129. The van der Waals surface area contributed by atoms with Gasteiger partial charge in [0.05, 0.1) is 12.3 Å². The number of ether oxygens (including phenoxy) is 2. The fourth-order valence-corrected chi connectivity index (χ4v) is 4.43. The van der Waals surface area contributed by atoms with Gasteiger partial charge in [-0.05, 0) is 42.3 Å². The van der Waals surface area contributed by atoms with E-state index in [0.29, 0.717) is 32.1 Å². The molecular formula is C25H26N2O3S. The topological polar surface area (TPSA) is 51.7 Å². The van der Waals surface area contributed by atoms with Crippen molar-refractivity contribution in [1.82, 2.24) is 9.88 Å². The van der Waals surface area contributed by atoms with E-state index in [9.17, 15) is 4.79 Å². The van der Waals surface area contributed by atoms with Gasteiger partial charge in [-0.15, -0.1) is 11.8 Å². The van der Waals surface area contributed by atoms with E-state index in [4.69, 9.17) is 9.47 Å². The molecule has 6 heteroatoms. The number of pyridine rings is 1. The van der Waals surface area contributed by atoms with Gasteiger partial charge in [0, 0.05) is 36.0 Å². The minimum atomic E-state index is -0.147. The third-order valence-electron chi connectivity index (χ3n) is 5.17. The molecule has 160 valence electrons. The highest BCUT2D eigenvalue weighted by molar-refractivity contribution is 8.00. The van der Waals surface area contributed by atoms with Crippen LogP contribution in [0.15, 0.2) is 78.0 Å². The van der Waals surface area contributed by atoms with Gasteiger partial charge in [-0.1, -0.05) is 36.4 Å². The van der Waals surface area contributed by atoms with Crippen molar-refractivity contribution in [2.24, 2.45) is 0 Å². The van der Waals surface area contributed by atoms with Gasteiger partial charge in [0.15, 0.2) is 0 Å². The number of nitrogens with zero attached hydrogens (tertiary/aromatic N) is 2. The Labute approximate surface area is 187 Å². The second-order valence-electron chi connectivity index (χ2n) is 7.25. The molecule has 5 nitrogen and oxygen atoms in total. The van der Waals surface area contributed by atoms with Crippen LogP contribution < -0.4 is 4.74 Å². The normalized spacial score (nSPS) is 14.3. The number of fused-ring (bicyclic) bond motifs is 1. The van der Waals surface area contributed by atoms with Crippen molar-refractivity contribution in [2.75, 3.05) is 25.5 Å². The van der Waals surface area contributed by atoms with Gasteiger partial charge in [0.25, 0.3) is 0 Å². The first-order chi connectivity index (χ1) is 15.2. The molecule has 0 saturated heterocycles. The van der Waals surface area contributed by atoms with Gasteiger partial charge >= 0.3 is 0 Å². The van der Waals surface area contributed by atoms with Crippen LogP contribution in [-0.2, 0) is 16.1 Å². The lowest BCUT2D eigenvalue weighted by Gasteiger charge is -2.21. The van der Waals surface area contributed by atoms with Gasteiger partial charge in [-0.2, -0.15) is 0 Å². The number of carbonyl (C=O) groups is 1. The summed E-state index contributed by atoms with van der Waals surface area (Å²) in [7, 11) is 0. The summed E-state index contributed by atoms with van der Waals surface area (Å²) in [6, 6.07) is 20.2. The van der Waals surface area contributed by atoms with Crippen molar-refractivity contribution in [3.8, 4) is 5.75 Å². The number of aromatic nitrogens is 1. The molecule has 0 saturated carbocycles. The molecule has 0 radical (unpaired) electrons. The maximum Gasteiger partial charge on any atom is 0.233 e. The minimum absolute atomic E-state index is 0.105. The first-order valence-electron chi connectivity index (χ1n) is 10.5. The summed E-state index contributed by atoms with van der Waals surface area (Å²) >= 11 is 1.53. The smallest absolute Gasteiger partial charge is 0.233 e. The summed E-state index contributed by atoms with van der Waals surface area (Å²) in [5.74, 6) is 1.34. The van der Waals surface area contributed by atoms with Crippen molar-refractivity contribution in [2.45, 2.75) is 24.5 Å². The number of amides is 1. The summed E-state index contributed by atoms with van der Waals surface area (Å²) in [6.07, 6.45) is 3.34. The molecule has 0 N–H and O–H groups in total. The fraction of sp³-hybridized carbons (Fsp3) is 0.280. The molecular weight excluding hydrogens is 408 g/mol. The molecule has 1 atom stereocenters. The van der Waals surface area contributed by atoms with Crippen LogP contribution in [0.5, 0.6) is 5.75 Å². The van der Waals surface area contributed by atoms with Crippen LogP contribution in [0, 0.1) is 0 Å². The summed E-state index contributed by atoms with van der Waals surface area (Å²) in [5, 5.41) is 0. The van der Waals surface area contributed by atoms with Crippen molar-refractivity contribution >= 4 is 17.7 Å². The molecule has 0 aliphatic carbocycles. The highest BCUT2D eigenvalue weighted by atomic mass is 32.2. The molecule has 0 fully saturated rings. The first kappa shape index (κ1) is 21.4. The van der Waals surface area contributed by atoms with E-state index in [0.717, 1.165) is 27.3 Å². The number of rotatable bonds is 7. The van der Waals surface area contributed by atoms with Gasteiger partial charge in [0.1, 0.15) is 18.5 Å². The molecule has 1 aliphatic heterocycles. The van der Waals surface area contributed by atoms with Crippen LogP contribution in [0.3, 0.4) is 0 Å². The molecule has 2 aromatic carbocycles. The third-order valence-corrected chi connectivity index (χ3v) is 6.16. The molecule has 31 heavy (non-hydrogen) atoms. The summed E-state index contributed by atoms with van der Waals surface area (Å²) in [6.45, 7) is 4.22. The van der Waals surface area contributed by atoms with Crippen LogP contribution in [0.25, 0.3) is 0 Å². The minimum Gasteiger partial charge on any atom is -0.491 e. The Kier molecular flexibility index (Phi) is 7.22. The standard InChI is InChI=1S/C25H26N2O3S/c1-2-29-25(19-6-4-3-5-7-19)20-8-9-23-21(16-20)17-27(14-15-30-23)24(28)18-31-22-10-12-26-13-11-22/h3-13,16,25H,2,14-15,17-18H2,1H3. The van der Waals surface area contributed by atoms with Crippen LogP contribution in [0.4, 0.5) is 0 Å². The Balaban J connectivity index is 1.51. The largest absolute Gasteiger partial charge is 0.491 e. The van der Waals surface area contributed by atoms with Gasteiger partial charge in [-0.3, -0.25) is 9.78 Å². The Morgan fingerprint density at radius 2 is 1.94 bits per heavy atom. The second-order valence-corrected chi connectivity index (χ2v) is 8.30. The maximum absolute atomic E-state index is 12.9. The quantitative estimate of drug-likeness (QED) is 0.504. The van der Waals surface area contributed by atoms with E-state index < -0.39 is 0 Å². The van der Waals surface area contributed by atoms with Gasteiger partial charge < -0.3 is 14.4 Å². The van der Waals surface area contributed by atoms with Crippen LogP contribution in [0.1, 0.15) is 29.7 Å². The number of thioether (sulfide) groups is 1. The van der Waals surface area contributed by atoms with E-state index in [1.807, 2.05) is 48.2 Å². The van der Waals surface area contributed by atoms with Crippen LogP contribution in [0.2, 0.25) is 0 Å². The molecule has 1 unspecified atom stereocenters. The van der Waals surface area contributed by atoms with Crippen molar-refractivity contribution in [3.63, 3.8) is 0 Å². The van der Waals surface area contributed by atoms with Crippen molar-refractivity contribution in [3.05, 3.63) is 89.7 Å². The zero-order valence-electron chi connectivity index (χ0n) is 17.6. The molecule has 2 heterocycles. The molecule has 1 aliphatic rings. The molecule has 3 aromatic rings. The fourth-order valence-electron chi connectivity index (χ4n) is 3.64. The monoisotopic (exact) mass is 434 g/mol. The van der Waals surface area contributed by atoms with Crippen molar-refractivity contribution < 1.29 is 14.3 Å². The lowest BCUT2D eigenvalue weighted by atomic mass is 9.99. The average Bonchev–Trinajstić information content (AvgIpc) is 3.04. The van der Waals surface area contributed by atoms with Gasteiger partial charge in [0.2, 0.25) is 5.91 Å². The predicted molar refractivity (Wildman–Crippen MR) is 122 cm³/mol. The predicted octanol–water partition coefficient (Wildman–Crippen LogP) is 4.72. The molecule has 4 rings (SSSR count). The van der Waals surface area contributed by atoms with E-state index in [2.05, 4.69) is 29.2 Å². The van der Waals surface area contributed by atoms with Gasteiger partial charge in [-0.25, -0.2) is 0 Å². The first-order valence-corrected chi connectivity index (χ1v) is 11.5. The van der Waals surface area contributed by atoms with E-state index >= 15 is 0 Å². The Morgan fingerprint density at radius 3 is 2.71 bits per heavy atom. The summed E-state index contributed by atoms with van der Waals surface area (Å²) in [5.41, 5.74) is 3.19. The molecule has 0 bridgehead atoms. The summed E-state index contributed by atoms with van der Waals surface area (Å²) in [4.78, 5) is 19.8. The maximum atomic E-state index is 12.9. The highest BCUT2D eigenvalue weighted by Crippen LogP contribution is 2.32. The lowest BCUT2D eigenvalue weighted by Crippen LogP contribution is -2.33. The molecule has 1 aromatic heterocycles.